The maximum atomic E-state index is 12.8. The average molecular weight is 453 g/mol. The highest BCUT2D eigenvalue weighted by Crippen LogP contribution is 2.44. The summed E-state index contributed by atoms with van der Waals surface area (Å²) >= 11 is 0. The standard InChI is InChI=1S/C26H32N2O5/c1-15(2)21(23(29)28-22(24(30)31)26(3,4)5)27-25(32)33-14-20-18-12-8-6-10-16(18)17-11-7-9-13-19(17)20/h6-13,15,20-22H,14H2,1-5H3,(H,27,32)(H,28,29)(H,30,31)/t21-,22-/m1/s1. The summed E-state index contributed by atoms with van der Waals surface area (Å²) in [4.78, 5) is 37.1. The third kappa shape index (κ3) is 5.35. The minimum atomic E-state index is -1.13. The summed E-state index contributed by atoms with van der Waals surface area (Å²) in [7, 11) is 0. The Morgan fingerprint density at radius 1 is 0.939 bits per heavy atom. The van der Waals surface area contributed by atoms with Crippen LogP contribution in [0.3, 0.4) is 0 Å². The van der Waals surface area contributed by atoms with Gasteiger partial charge in [0.1, 0.15) is 18.7 Å². The van der Waals surface area contributed by atoms with Gasteiger partial charge in [-0.25, -0.2) is 9.59 Å². The molecule has 0 fully saturated rings. The van der Waals surface area contributed by atoms with Gasteiger partial charge in [0.25, 0.3) is 0 Å². The van der Waals surface area contributed by atoms with E-state index in [1.54, 1.807) is 34.6 Å². The van der Waals surface area contributed by atoms with Crippen LogP contribution in [-0.2, 0) is 14.3 Å². The van der Waals surface area contributed by atoms with Gasteiger partial charge >= 0.3 is 12.1 Å². The SMILES string of the molecule is CC(C)[C@@H](NC(=O)OCC1c2ccccc2-c2ccccc21)C(=O)N[C@H](C(=O)O)C(C)(C)C. The lowest BCUT2D eigenvalue weighted by atomic mass is 9.86. The first-order valence-corrected chi connectivity index (χ1v) is 11.2. The van der Waals surface area contributed by atoms with Gasteiger partial charge in [-0.05, 0) is 33.6 Å². The Bertz CT molecular complexity index is 995. The Morgan fingerprint density at radius 3 is 1.91 bits per heavy atom. The first-order valence-electron chi connectivity index (χ1n) is 11.2. The second-order valence-electron chi connectivity index (χ2n) is 9.84. The van der Waals surface area contributed by atoms with Gasteiger partial charge in [-0.15, -0.1) is 0 Å². The largest absolute Gasteiger partial charge is 0.480 e. The molecule has 0 radical (unpaired) electrons. The van der Waals surface area contributed by atoms with E-state index >= 15 is 0 Å². The second kappa shape index (κ2) is 9.65. The molecule has 0 aromatic heterocycles. The predicted octanol–water partition coefficient (Wildman–Crippen LogP) is 4.17. The second-order valence-corrected chi connectivity index (χ2v) is 9.84. The van der Waals surface area contributed by atoms with Crippen LogP contribution in [-0.4, -0.2) is 41.8 Å². The monoisotopic (exact) mass is 452 g/mol. The molecule has 33 heavy (non-hydrogen) atoms. The minimum Gasteiger partial charge on any atom is -0.480 e. The third-order valence-electron chi connectivity index (χ3n) is 5.97. The molecule has 1 aliphatic carbocycles. The van der Waals surface area contributed by atoms with Crippen molar-refractivity contribution in [3.63, 3.8) is 0 Å². The first kappa shape index (κ1) is 24.3. The van der Waals surface area contributed by atoms with Crippen molar-refractivity contribution in [1.82, 2.24) is 10.6 Å². The predicted molar refractivity (Wildman–Crippen MR) is 126 cm³/mol. The van der Waals surface area contributed by atoms with E-state index in [0.29, 0.717) is 0 Å². The zero-order valence-electron chi connectivity index (χ0n) is 19.7. The molecular weight excluding hydrogens is 420 g/mol. The molecule has 2 atom stereocenters. The topological polar surface area (TPSA) is 105 Å². The molecule has 176 valence electrons. The Hall–Kier alpha value is -3.35. The summed E-state index contributed by atoms with van der Waals surface area (Å²) in [6, 6.07) is 14.1. The van der Waals surface area contributed by atoms with E-state index in [1.807, 2.05) is 36.4 Å². The van der Waals surface area contributed by atoms with Gasteiger partial charge in [-0.1, -0.05) is 83.1 Å². The number of aliphatic carboxylic acids is 1. The van der Waals surface area contributed by atoms with Gasteiger partial charge in [-0.2, -0.15) is 0 Å². The lowest BCUT2D eigenvalue weighted by Crippen LogP contribution is -2.57. The summed E-state index contributed by atoms with van der Waals surface area (Å²) in [6.45, 7) is 8.88. The van der Waals surface area contributed by atoms with Gasteiger partial charge in [0, 0.05) is 5.92 Å². The number of fused-ring (bicyclic) bond motifs is 3. The van der Waals surface area contributed by atoms with E-state index in [9.17, 15) is 19.5 Å². The molecule has 1 aliphatic rings. The molecule has 0 bridgehead atoms. The third-order valence-corrected chi connectivity index (χ3v) is 5.97. The van der Waals surface area contributed by atoms with Gasteiger partial charge in [-0.3, -0.25) is 4.79 Å². The molecular formula is C26H32N2O5. The molecule has 3 N–H and O–H groups in total. The van der Waals surface area contributed by atoms with Crippen molar-refractivity contribution in [2.75, 3.05) is 6.61 Å². The number of carbonyl (C=O) groups excluding carboxylic acids is 2. The Balaban J connectivity index is 1.68. The average Bonchev–Trinajstić information content (AvgIpc) is 3.06. The maximum absolute atomic E-state index is 12.8. The summed E-state index contributed by atoms with van der Waals surface area (Å²) in [5.74, 6) is -2.04. The van der Waals surface area contributed by atoms with Crippen molar-refractivity contribution < 1.29 is 24.2 Å². The molecule has 0 saturated carbocycles. The number of carboxylic acids is 1. The van der Waals surface area contributed by atoms with E-state index < -0.39 is 35.5 Å². The highest BCUT2D eigenvalue weighted by atomic mass is 16.5. The molecule has 0 heterocycles. The Labute approximate surface area is 194 Å². The zero-order valence-corrected chi connectivity index (χ0v) is 19.7. The van der Waals surface area contributed by atoms with Crippen LogP contribution in [0.15, 0.2) is 48.5 Å². The molecule has 3 rings (SSSR count). The quantitative estimate of drug-likeness (QED) is 0.585. The normalized spacial score (nSPS) is 14.7. The van der Waals surface area contributed by atoms with E-state index in [4.69, 9.17) is 4.74 Å². The lowest BCUT2D eigenvalue weighted by molar-refractivity contribution is -0.145. The number of ether oxygens (including phenoxy) is 1. The van der Waals surface area contributed by atoms with Crippen LogP contribution >= 0.6 is 0 Å². The van der Waals surface area contributed by atoms with Crippen molar-refractivity contribution in [3.8, 4) is 11.1 Å². The van der Waals surface area contributed by atoms with Crippen LogP contribution in [0.5, 0.6) is 0 Å². The fourth-order valence-corrected chi connectivity index (χ4v) is 4.18. The summed E-state index contributed by atoms with van der Waals surface area (Å²) in [5, 5.41) is 14.7. The molecule has 0 spiro atoms. The summed E-state index contributed by atoms with van der Waals surface area (Å²) in [6.07, 6.45) is -0.714. The van der Waals surface area contributed by atoms with Crippen molar-refractivity contribution in [3.05, 3.63) is 59.7 Å². The van der Waals surface area contributed by atoms with Gasteiger partial charge in [0.05, 0.1) is 0 Å². The molecule has 0 aliphatic heterocycles. The van der Waals surface area contributed by atoms with Crippen LogP contribution in [0.4, 0.5) is 4.79 Å². The number of amides is 2. The molecule has 2 amide bonds. The number of alkyl carbamates (subject to hydrolysis) is 1. The number of hydrogen-bond acceptors (Lipinski definition) is 4. The van der Waals surface area contributed by atoms with Crippen LogP contribution in [0.25, 0.3) is 11.1 Å². The summed E-state index contributed by atoms with van der Waals surface area (Å²) < 4.78 is 5.54. The summed E-state index contributed by atoms with van der Waals surface area (Å²) in [5.41, 5.74) is 3.76. The number of carboxylic acid groups (broad SMARTS) is 1. The van der Waals surface area contributed by atoms with Crippen LogP contribution < -0.4 is 10.6 Å². The molecule has 0 unspecified atom stereocenters. The van der Waals surface area contributed by atoms with Gasteiger partial charge in [0.2, 0.25) is 5.91 Å². The number of benzene rings is 2. The van der Waals surface area contributed by atoms with E-state index in [2.05, 4.69) is 22.8 Å². The van der Waals surface area contributed by atoms with Crippen LogP contribution in [0, 0.1) is 11.3 Å². The number of carbonyl (C=O) groups is 3. The molecule has 0 saturated heterocycles. The van der Waals surface area contributed by atoms with Crippen molar-refractivity contribution in [1.29, 1.82) is 0 Å². The highest BCUT2D eigenvalue weighted by Gasteiger charge is 2.36. The van der Waals surface area contributed by atoms with Crippen molar-refractivity contribution in [2.24, 2.45) is 11.3 Å². The van der Waals surface area contributed by atoms with Crippen molar-refractivity contribution in [2.45, 2.75) is 52.6 Å². The van der Waals surface area contributed by atoms with E-state index in [0.717, 1.165) is 22.3 Å². The van der Waals surface area contributed by atoms with Crippen LogP contribution in [0.2, 0.25) is 0 Å². The Morgan fingerprint density at radius 2 is 1.45 bits per heavy atom. The molecule has 2 aromatic rings. The van der Waals surface area contributed by atoms with E-state index in [-0.39, 0.29) is 18.4 Å². The fourth-order valence-electron chi connectivity index (χ4n) is 4.18. The maximum Gasteiger partial charge on any atom is 0.407 e. The number of nitrogens with one attached hydrogen (secondary N) is 2. The molecule has 2 aromatic carbocycles. The lowest BCUT2D eigenvalue weighted by Gasteiger charge is -2.30. The van der Waals surface area contributed by atoms with Gasteiger partial charge in [0.15, 0.2) is 0 Å². The Kier molecular flexibility index (Phi) is 7.10. The van der Waals surface area contributed by atoms with Crippen molar-refractivity contribution >= 4 is 18.0 Å². The smallest absolute Gasteiger partial charge is 0.407 e. The highest BCUT2D eigenvalue weighted by molar-refractivity contribution is 5.89. The number of rotatable bonds is 7. The zero-order chi connectivity index (χ0) is 24.3. The minimum absolute atomic E-state index is 0.0910. The fraction of sp³-hybridized carbons (Fsp3) is 0.423. The number of hydrogen-bond donors (Lipinski definition) is 3. The molecule has 7 nitrogen and oxygen atoms in total. The first-order chi connectivity index (χ1) is 15.5. The molecule has 7 heteroatoms. The van der Waals surface area contributed by atoms with Gasteiger partial charge < -0.3 is 20.5 Å². The van der Waals surface area contributed by atoms with E-state index in [1.165, 1.54) is 0 Å². The van der Waals surface area contributed by atoms with Crippen LogP contribution in [0.1, 0.15) is 51.7 Å².